The third-order valence-electron chi connectivity index (χ3n) is 4.66. The Morgan fingerprint density at radius 2 is 1.81 bits per heavy atom. The van der Waals surface area contributed by atoms with Crippen molar-refractivity contribution >= 4 is 45.6 Å². The van der Waals surface area contributed by atoms with E-state index in [4.69, 9.17) is 11.6 Å². The molecule has 2 amide bonds. The molecule has 0 bridgehead atoms. The minimum atomic E-state index is -0.214. The van der Waals surface area contributed by atoms with Crippen LogP contribution in [0.1, 0.15) is 36.3 Å². The number of carbonyl (C=O) groups excluding carboxylic acids is 2. The first-order chi connectivity index (χ1) is 15.4. The molecule has 0 radical (unpaired) electrons. The maximum atomic E-state index is 13.2. The molecule has 0 fully saturated rings. The number of para-hydroxylation sites is 1. The summed E-state index contributed by atoms with van der Waals surface area (Å²) in [4.78, 5) is 31.6. The zero-order valence-corrected chi connectivity index (χ0v) is 19.7. The molecule has 0 unspecified atom stereocenters. The molecule has 168 valence electrons. The van der Waals surface area contributed by atoms with Gasteiger partial charge in [-0.2, -0.15) is 0 Å². The van der Waals surface area contributed by atoms with Gasteiger partial charge in [-0.05, 0) is 23.6 Å². The number of hydrogen-bond acceptors (Lipinski definition) is 5. The molecule has 1 heterocycles. The summed E-state index contributed by atoms with van der Waals surface area (Å²) in [5.74, 6) is 0.0953. The number of hydrogen-bond donors (Lipinski definition) is 2. The number of amides is 2. The van der Waals surface area contributed by atoms with E-state index < -0.39 is 0 Å². The fourth-order valence-electron chi connectivity index (χ4n) is 2.97. The van der Waals surface area contributed by atoms with E-state index in [9.17, 15) is 9.59 Å². The molecule has 32 heavy (non-hydrogen) atoms. The van der Waals surface area contributed by atoms with Crippen molar-refractivity contribution in [3.63, 3.8) is 0 Å². The summed E-state index contributed by atoms with van der Waals surface area (Å²) >= 11 is 7.53. The van der Waals surface area contributed by atoms with E-state index in [2.05, 4.69) is 15.6 Å². The molecule has 0 aliphatic heterocycles. The van der Waals surface area contributed by atoms with Crippen LogP contribution in [0.2, 0.25) is 5.02 Å². The summed E-state index contributed by atoms with van der Waals surface area (Å²) < 4.78 is 0. The molecule has 0 atom stereocenters. The van der Waals surface area contributed by atoms with E-state index in [0.29, 0.717) is 41.4 Å². The van der Waals surface area contributed by atoms with Gasteiger partial charge in [0.15, 0.2) is 5.13 Å². The number of benzene rings is 2. The van der Waals surface area contributed by atoms with Crippen LogP contribution in [0.5, 0.6) is 0 Å². The van der Waals surface area contributed by atoms with Crippen LogP contribution in [0, 0.1) is 5.92 Å². The summed E-state index contributed by atoms with van der Waals surface area (Å²) in [5.41, 5.74) is 2.06. The van der Waals surface area contributed by atoms with Gasteiger partial charge < -0.3 is 15.5 Å². The lowest BCUT2D eigenvalue weighted by Gasteiger charge is -2.22. The van der Waals surface area contributed by atoms with Crippen molar-refractivity contribution in [3.05, 3.63) is 76.3 Å². The Morgan fingerprint density at radius 3 is 2.53 bits per heavy atom. The van der Waals surface area contributed by atoms with Crippen LogP contribution < -0.4 is 10.6 Å². The molecule has 3 aromatic rings. The van der Waals surface area contributed by atoms with Crippen molar-refractivity contribution in [1.82, 2.24) is 15.2 Å². The molecule has 6 nitrogen and oxygen atoms in total. The summed E-state index contributed by atoms with van der Waals surface area (Å²) in [5, 5.41) is 8.94. The van der Waals surface area contributed by atoms with Crippen molar-refractivity contribution in [2.24, 2.45) is 5.92 Å². The monoisotopic (exact) mass is 470 g/mol. The van der Waals surface area contributed by atoms with Crippen LogP contribution in [-0.2, 0) is 11.3 Å². The van der Waals surface area contributed by atoms with Crippen molar-refractivity contribution in [3.8, 4) is 0 Å². The standard InChI is InChI=1S/C24H27ClN4O2S/c1-17(2)14-26-22(30)12-13-29(15-18-8-4-3-5-9-18)23(31)21-16-32-24(28-21)27-20-11-7-6-10-19(20)25/h3-11,16-17H,12-15H2,1-2H3,(H,26,30)(H,27,28). The molecule has 2 aromatic carbocycles. The van der Waals surface area contributed by atoms with E-state index in [1.165, 1.54) is 11.3 Å². The van der Waals surface area contributed by atoms with Crippen LogP contribution in [0.3, 0.4) is 0 Å². The zero-order chi connectivity index (χ0) is 22.9. The lowest BCUT2D eigenvalue weighted by atomic mass is 10.2. The number of rotatable bonds is 10. The topological polar surface area (TPSA) is 74.3 Å². The number of thiazole rings is 1. The molecule has 8 heteroatoms. The Labute approximate surface area is 197 Å². The smallest absolute Gasteiger partial charge is 0.273 e. The number of nitrogens with zero attached hydrogens (tertiary/aromatic N) is 2. The summed E-state index contributed by atoms with van der Waals surface area (Å²) in [7, 11) is 0. The summed E-state index contributed by atoms with van der Waals surface area (Å²) in [6.07, 6.45) is 0.236. The number of anilines is 2. The average Bonchev–Trinajstić information content (AvgIpc) is 3.25. The molecular weight excluding hydrogens is 444 g/mol. The Morgan fingerprint density at radius 1 is 1.09 bits per heavy atom. The first kappa shape index (κ1) is 23.8. The molecule has 2 N–H and O–H groups in total. The molecule has 1 aromatic heterocycles. The highest BCUT2D eigenvalue weighted by atomic mass is 35.5. The van der Waals surface area contributed by atoms with Gasteiger partial charge in [0.05, 0.1) is 10.7 Å². The Bertz CT molecular complexity index is 1040. The zero-order valence-electron chi connectivity index (χ0n) is 18.2. The number of nitrogens with one attached hydrogen (secondary N) is 2. The highest BCUT2D eigenvalue weighted by Gasteiger charge is 2.20. The Kier molecular flexibility index (Phi) is 8.64. The second-order valence-electron chi connectivity index (χ2n) is 7.80. The number of carbonyl (C=O) groups is 2. The molecule has 0 spiro atoms. The fraction of sp³-hybridized carbons (Fsp3) is 0.292. The van der Waals surface area contributed by atoms with Crippen LogP contribution in [0.15, 0.2) is 60.0 Å². The molecule has 0 aliphatic carbocycles. The third-order valence-corrected chi connectivity index (χ3v) is 5.75. The van der Waals surface area contributed by atoms with Gasteiger partial charge >= 0.3 is 0 Å². The first-order valence-corrected chi connectivity index (χ1v) is 11.7. The van der Waals surface area contributed by atoms with E-state index in [1.807, 2.05) is 62.4 Å². The summed E-state index contributed by atoms with van der Waals surface area (Å²) in [6, 6.07) is 17.1. The molecule has 0 saturated carbocycles. The van der Waals surface area contributed by atoms with Gasteiger partial charge in [0.1, 0.15) is 5.69 Å². The van der Waals surface area contributed by atoms with E-state index in [-0.39, 0.29) is 18.2 Å². The maximum Gasteiger partial charge on any atom is 0.273 e. The predicted octanol–water partition coefficient (Wildman–Crippen LogP) is 5.34. The molecule has 0 aliphatic rings. The van der Waals surface area contributed by atoms with Gasteiger partial charge in [0, 0.05) is 31.4 Å². The molecular formula is C24H27ClN4O2S. The van der Waals surface area contributed by atoms with Crippen LogP contribution in [0.4, 0.5) is 10.8 Å². The number of aromatic nitrogens is 1. The second kappa shape index (κ2) is 11.6. The molecule has 0 saturated heterocycles. The highest BCUT2D eigenvalue weighted by Crippen LogP contribution is 2.27. The van der Waals surface area contributed by atoms with Crippen molar-refractivity contribution in [2.45, 2.75) is 26.8 Å². The minimum Gasteiger partial charge on any atom is -0.356 e. The van der Waals surface area contributed by atoms with Crippen molar-refractivity contribution in [1.29, 1.82) is 0 Å². The predicted molar refractivity (Wildman–Crippen MR) is 130 cm³/mol. The lowest BCUT2D eigenvalue weighted by molar-refractivity contribution is -0.121. The quantitative estimate of drug-likeness (QED) is 0.419. The molecule has 3 rings (SSSR count). The van der Waals surface area contributed by atoms with Crippen molar-refractivity contribution in [2.75, 3.05) is 18.4 Å². The van der Waals surface area contributed by atoms with E-state index in [1.54, 1.807) is 16.3 Å². The lowest BCUT2D eigenvalue weighted by Crippen LogP contribution is -2.36. The van der Waals surface area contributed by atoms with Gasteiger partial charge in [0.25, 0.3) is 5.91 Å². The van der Waals surface area contributed by atoms with Crippen LogP contribution >= 0.6 is 22.9 Å². The van der Waals surface area contributed by atoms with Gasteiger partial charge in [-0.3, -0.25) is 9.59 Å². The minimum absolute atomic E-state index is 0.0658. The average molecular weight is 471 g/mol. The summed E-state index contributed by atoms with van der Waals surface area (Å²) in [6.45, 7) is 5.42. The maximum absolute atomic E-state index is 13.2. The van der Waals surface area contributed by atoms with Crippen LogP contribution in [-0.4, -0.2) is 34.8 Å². The third kappa shape index (κ3) is 7.07. The largest absolute Gasteiger partial charge is 0.356 e. The Hall–Kier alpha value is -2.90. The SMILES string of the molecule is CC(C)CNC(=O)CCN(Cc1ccccc1)C(=O)c1csc(Nc2ccccc2Cl)n1. The van der Waals surface area contributed by atoms with Crippen molar-refractivity contribution < 1.29 is 9.59 Å². The normalized spacial score (nSPS) is 10.8. The number of halogens is 1. The van der Waals surface area contributed by atoms with Gasteiger partial charge in [-0.1, -0.05) is 67.9 Å². The second-order valence-corrected chi connectivity index (χ2v) is 9.07. The first-order valence-electron chi connectivity index (χ1n) is 10.5. The van der Waals surface area contributed by atoms with Gasteiger partial charge in [0.2, 0.25) is 5.91 Å². The van der Waals surface area contributed by atoms with E-state index in [0.717, 1.165) is 11.3 Å². The Balaban J connectivity index is 1.70. The van der Waals surface area contributed by atoms with Gasteiger partial charge in [-0.25, -0.2) is 4.98 Å². The fourth-order valence-corrected chi connectivity index (χ4v) is 3.85. The highest BCUT2D eigenvalue weighted by molar-refractivity contribution is 7.14. The van der Waals surface area contributed by atoms with E-state index >= 15 is 0 Å². The van der Waals surface area contributed by atoms with Crippen LogP contribution in [0.25, 0.3) is 0 Å². The van der Waals surface area contributed by atoms with Gasteiger partial charge in [-0.15, -0.1) is 11.3 Å².